The Balaban J connectivity index is 1.89. The van der Waals surface area contributed by atoms with Gasteiger partial charge in [-0.25, -0.2) is 0 Å². The number of aliphatic hydroxyl groups is 1. The molecule has 6 nitrogen and oxygen atoms in total. The highest BCUT2D eigenvalue weighted by molar-refractivity contribution is 6.46. The van der Waals surface area contributed by atoms with Crippen molar-refractivity contribution < 1.29 is 24.2 Å². The summed E-state index contributed by atoms with van der Waals surface area (Å²) in [7, 11) is 1.55. The van der Waals surface area contributed by atoms with Crippen LogP contribution in [0, 0.1) is 0 Å². The van der Waals surface area contributed by atoms with E-state index in [1.165, 1.54) is 4.90 Å². The first-order chi connectivity index (χ1) is 16.1. The Bertz CT molecular complexity index is 1210. The molecule has 1 saturated heterocycles. The summed E-state index contributed by atoms with van der Waals surface area (Å²) in [5, 5.41) is 13.2. The van der Waals surface area contributed by atoms with E-state index in [4.69, 9.17) is 9.47 Å². The van der Waals surface area contributed by atoms with Crippen LogP contribution in [0.25, 0.3) is 16.5 Å². The summed E-state index contributed by atoms with van der Waals surface area (Å²) in [6.45, 7) is 3.05. The minimum Gasteiger partial charge on any atom is -0.507 e. The average molecular weight is 446 g/mol. The Kier molecular flexibility index (Phi) is 6.75. The number of fused-ring (bicyclic) bond motifs is 1. The number of aliphatic hydroxyl groups excluding tert-OH is 1. The first kappa shape index (κ1) is 22.6. The fourth-order valence-corrected chi connectivity index (χ4v) is 4.22. The molecule has 1 amide bonds. The van der Waals surface area contributed by atoms with Crippen molar-refractivity contribution in [2.75, 3.05) is 26.9 Å². The molecule has 3 aromatic carbocycles. The number of hydrogen-bond acceptors (Lipinski definition) is 5. The van der Waals surface area contributed by atoms with Crippen molar-refractivity contribution in [2.24, 2.45) is 0 Å². The van der Waals surface area contributed by atoms with Crippen molar-refractivity contribution in [1.82, 2.24) is 4.90 Å². The zero-order chi connectivity index (χ0) is 23.4. The Morgan fingerprint density at radius 1 is 1.00 bits per heavy atom. The van der Waals surface area contributed by atoms with Crippen LogP contribution in [0.15, 0.2) is 72.3 Å². The molecule has 170 valence electrons. The number of benzene rings is 3. The summed E-state index contributed by atoms with van der Waals surface area (Å²) in [5.41, 5.74) is 1.28. The smallest absolute Gasteiger partial charge is 0.295 e. The van der Waals surface area contributed by atoms with Gasteiger partial charge in [0.2, 0.25) is 0 Å². The van der Waals surface area contributed by atoms with Gasteiger partial charge in [-0.15, -0.1) is 0 Å². The van der Waals surface area contributed by atoms with Gasteiger partial charge in [-0.2, -0.15) is 0 Å². The lowest BCUT2D eigenvalue weighted by molar-refractivity contribution is -0.140. The standard InChI is InChI=1S/C27H27NO5/c1-3-15-33-20-11-6-10-19(17-20)25(29)23-24(28(14-16-32-2)27(31)26(23)30)22-13-7-9-18-8-4-5-12-21(18)22/h4-13,17,24,29H,3,14-16H2,1-2H3/b25-23-. The third-order valence-electron chi connectivity index (χ3n) is 5.77. The third-order valence-corrected chi connectivity index (χ3v) is 5.77. The second kappa shape index (κ2) is 9.88. The number of likely N-dealkylation sites (tertiary alicyclic amines) is 1. The van der Waals surface area contributed by atoms with Crippen LogP contribution in [-0.4, -0.2) is 48.6 Å². The number of methoxy groups -OCH3 is 1. The van der Waals surface area contributed by atoms with Crippen molar-refractivity contribution in [3.05, 3.63) is 83.4 Å². The van der Waals surface area contributed by atoms with Gasteiger partial charge in [0.1, 0.15) is 11.5 Å². The molecule has 1 heterocycles. The molecular weight excluding hydrogens is 418 g/mol. The van der Waals surface area contributed by atoms with Crippen molar-refractivity contribution in [3.8, 4) is 5.75 Å². The van der Waals surface area contributed by atoms with Gasteiger partial charge in [0.05, 0.1) is 24.8 Å². The van der Waals surface area contributed by atoms with E-state index >= 15 is 0 Å². The van der Waals surface area contributed by atoms with Gasteiger partial charge in [-0.1, -0.05) is 61.5 Å². The van der Waals surface area contributed by atoms with Crippen LogP contribution in [0.1, 0.15) is 30.5 Å². The van der Waals surface area contributed by atoms with E-state index in [0.717, 1.165) is 22.8 Å². The second-order valence-electron chi connectivity index (χ2n) is 7.93. The highest BCUT2D eigenvalue weighted by Crippen LogP contribution is 2.41. The van der Waals surface area contributed by atoms with Crippen molar-refractivity contribution in [3.63, 3.8) is 0 Å². The van der Waals surface area contributed by atoms with Crippen LogP contribution in [0.5, 0.6) is 5.75 Å². The number of carbonyl (C=O) groups is 2. The summed E-state index contributed by atoms with van der Waals surface area (Å²) >= 11 is 0. The molecule has 1 unspecified atom stereocenters. The summed E-state index contributed by atoms with van der Waals surface area (Å²) in [6, 6.07) is 19.8. The summed E-state index contributed by atoms with van der Waals surface area (Å²) in [4.78, 5) is 27.7. The van der Waals surface area contributed by atoms with Crippen LogP contribution in [-0.2, 0) is 14.3 Å². The average Bonchev–Trinajstić information content (AvgIpc) is 3.10. The number of Topliss-reactive ketones (excluding diaryl/α,β-unsaturated/α-hetero) is 1. The molecule has 0 spiro atoms. The molecule has 6 heteroatoms. The minimum absolute atomic E-state index is 0.0695. The zero-order valence-corrected chi connectivity index (χ0v) is 18.8. The maximum absolute atomic E-state index is 13.2. The van der Waals surface area contributed by atoms with Gasteiger partial charge < -0.3 is 19.5 Å². The molecule has 1 atom stereocenters. The third kappa shape index (κ3) is 4.34. The predicted molar refractivity (Wildman–Crippen MR) is 127 cm³/mol. The molecule has 0 saturated carbocycles. The molecule has 0 bridgehead atoms. The number of amides is 1. The molecular formula is C27H27NO5. The van der Waals surface area contributed by atoms with Gasteiger partial charge in [0.15, 0.2) is 0 Å². The van der Waals surface area contributed by atoms with E-state index in [1.54, 1.807) is 31.4 Å². The zero-order valence-electron chi connectivity index (χ0n) is 18.8. The number of carbonyl (C=O) groups excluding carboxylic acids is 2. The van der Waals surface area contributed by atoms with Crippen LogP contribution in [0.3, 0.4) is 0 Å². The molecule has 1 aliphatic rings. The first-order valence-corrected chi connectivity index (χ1v) is 11.0. The van der Waals surface area contributed by atoms with E-state index in [9.17, 15) is 14.7 Å². The second-order valence-corrected chi connectivity index (χ2v) is 7.93. The Labute approximate surface area is 193 Å². The molecule has 4 rings (SSSR count). The van der Waals surface area contributed by atoms with Crippen molar-refractivity contribution in [2.45, 2.75) is 19.4 Å². The van der Waals surface area contributed by atoms with Gasteiger partial charge in [0, 0.05) is 19.2 Å². The maximum atomic E-state index is 13.2. The molecule has 0 aliphatic carbocycles. The monoisotopic (exact) mass is 445 g/mol. The molecule has 1 fully saturated rings. The fraction of sp³-hybridized carbons (Fsp3) is 0.259. The quantitative estimate of drug-likeness (QED) is 0.309. The van der Waals surface area contributed by atoms with E-state index in [0.29, 0.717) is 17.9 Å². The van der Waals surface area contributed by atoms with Gasteiger partial charge in [0.25, 0.3) is 11.7 Å². The van der Waals surface area contributed by atoms with Crippen LogP contribution in [0.4, 0.5) is 0 Å². The summed E-state index contributed by atoms with van der Waals surface area (Å²) in [6.07, 6.45) is 0.849. The first-order valence-electron chi connectivity index (χ1n) is 11.0. The van der Waals surface area contributed by atoms with Crippen molar-refractivity contribution in [1.29, 1.82) is 0 Å². The van der Waals surface area contributed by atoms with Crippen LogP contribution >= 0.6 is 0 Å². The summed E-state index contributed by atoms with van der Waals surface area (Å²) < 4.78 is 10.9. The molecule has 1 N–H and O–H groups in total. The van der Waals surface area contributed by atoms with E-state index in [2.05, 4.69) is 0 Å². The van der Waals surface area contributed by atoms with Gasteiger partial charge in [-0.3, -0.25) is 9.59 Å². The molecule has 3 aromatic rings. The SMILES string of the molecule is CCCOc1cccc(/C(O)=C2/C(=O)C(=O)N(CCOC)C2c2cccc3ccccc23)c1. The van der Waals surface area contributed by atoms with Gasteiger partial charge >= 0.3 is 0 Å². The van der Waals surface area contributed by atoms with Gasteiger partial charge in [-0.05, 0) is 34.9 Å². The summed E-state index contributed by atoms with van der Waals surface area (Å²) in [5.74, 6) is -0.976. The number of nitrogens with zero attached hydrogens (tertiary/aromatic N) is 1. The highest BCUT2D eigenvalue weighted by atomic mass is 16.5. The molecule has 0 radical (unpaired) electrons. The normalized spacial score (nSPS) is 17.6. The highest BCUT2D eigenvalue weighted by Gasteiger charge is 2.46. The Hall–Kier alpha value is -3.64. The minimum atomic E-state index is -0.730. The lowest BCUT2D eigenvalue weighted by atomic mass is 9.91. The lowest BCUT2D eigenvalue weighted by Crippen LogP contribution is -2.32. The fourth-order valence-electron chi connectivity index (χ4n) is 4.22. The Morgan fingerprint density at radius 3 is 2.55 bits per heavy atom. The van der Waals surface area contributed by atoms with E-state index in [-0.39, 0.29) is 24.5 Å². The lowest BCUT2D eigenvalue weighted by Gasteiger charge is -2.26. The van der Waals surface area contributed by atoms with Crippen LogP contribution in [0.2, 0.25) is 0 Å². The molecule has 33 heavy (non-hydrogen) atoms. The van der Waals surface area contributed by atoms with Crippen molar-refractivity contribution >= 4 is 28.2 Å². The Morgan fingerprint density at radius 2 is 1.76 bits per heavy atom. The molecule has 0 aromatic heterocycles. The number of hydrogen-bond donors (Lipinski definition) is 1. The largest absolute Gasteiger partial charge is 0.507 e. The number of ether oxygens (including phenoxy) is 2. The van der Waals surface area contributed by atoms with E-state index < -0.39 is 17.7 Å². The van der Waals surface area contributed by atoms with E-state index in [1.807, 2.05) is 49.4 Å². The maximum Gasteiger partial charge on any atom is 0.295 e. The topological polar surface area (TPSA) is 76.1 Å². The number of ketones is 1. The predicted octanol–water partition coefficient (Wildman–Crippen LogP) is 4.70. The number of rotatable bonds is 8. The van der Waals surface area contributed by atoms with Crippen LogP contribution < -0.4 is 4.74 Å². The molecule has 1 aliphatic heterocycles.